The molecule has 2 aliphatic heterocycles. The predicted octanol–water partition coefficient (Wildman–Crippen LogP) is 4.11. The Balaban J connectivity index is 1.86. The number of benzene rings is 2. The first-order valence-electron chi connectivity index (χ1n) is 9.58. The van der Waals surface area contributed by atoms with Gasteiger partial charge in [0.25, 0.3) is 0 Å². The van der Waals surface area contributed by atoms with Gasteiger partial charge in [0.1, 0.15) is 5.75 Å². The fourth-order valence-electron chi connectivity index (χ4n) is 4.05. The summed E-state index contributed by atoms with van der Waals surface area (Å²) in [5, 5.41) is 0. The van der Waals surface area contributed by atoms with E-state index in [4.69, 9.17) is 33.2 Å². The van der Waals surface area contributed by atoms with Gasteiger partial charge in [0, 0.05) is 37.5 Å². The van der Waals surface area contributed by atoms with Crippen LogP contribution in [0.4, 0.5) is 0 Å². The van der Waals surface area contributed by atoms with Gasteiger partial charge in [-0.15, -0.1) is 0 Å². The third-order valence-corrected chi connectivity index (χ3v) is 5.32. The molecule has 0 bridgehead atoms. The Hall–Kier alpha value is -2.80. The molecule has 0 fully saturated rings. The van der Waals surface area contributed by atoms with Crippen molar-refractivity contribution < 1.29 is 33.2 Å². The first kappa shape index (κ1) is 19.5. The average Bonchev–Trinajstić information content (AvgIpc) is 3.17. The van der Waals surface area contributed by atoms with Crippen LogP contribution in [-0.2, 0) is 4.74 Å². The summed E-state index contributed by atoms with van der Waals surface area (Å²) in [5.74, 6) is 3.07. The zero-order chi connectivity index (χ0) is 20.6. The topological polar surface area (TPSA) is 64.6 Å². The second-order valence-corrected chi connectivity index (χ2v) is 7.13. The van der Waals surface area contributed by atoms with Crippen molar-refractivity contribution in [2.75, 3.05) is 34.7 Å². The highest BCUT2D eigenvalue weighted by atomic mass is 16.7. The Kier molecular flexibility index (Phi) is 5.08. The molecular weight excluding hydrogens is 376 g/mol. The van der Waals surface area contributed by atoms with E-state index in [2.05, 4.69) is 0 Å². The molecule has 2 aromatic carbocycles. The van der Waals surface area contributed by atoms with Crippen molar-refractivity contribution in [2.45, 2.75) is 32.0 Å². The van der Waals surface area contributed by atoms with E-state index in [-0.39, 0.29) is 12.7 Å². The summed E-state index contributed by atoms with van der Waals surface area (Å²) >= 11 is 0. The summed E-state index contributed by atoms with van der Waals surface area (Å²) in [6.07, 6.45) is 0.617. The molecule has 0 spiro atoms. The zero-order valence-electron chi connectivity index (χ0n) is 17.4. The van der Waals surface area contributed by atoms with Gasteiger partial charge in [0.05, 0.1) is 21.3 Å². The van der Waals surface area contributed by atoms with E-state index in [1.807, 2.05) is 38.1 Å². The van der Waals surface area contributed by atoms with E-state index >= 15 is 0 Å². The van der Waals surface area contributed by atoms with Gasteiger partial charge in [-0.2, -0.15) is 0 Å². The molecule has 7 heteroatoms. The molecular formula is C22H26O7. The van der Waals surface area contributed by atoms with Crippen LogP contribution in [0.15, 0.2) is 24.3 Å². The predicted molar refractivity (Wildman–Crippen MR) is 106 cm³/mol. The van der Waals surface area contributed by atoms with Crippen molar-refractivity contribution in [1.29, 1.82) is 0 Å². The van der Waals surface area contributed by atoms with Gasteiger partial charge >= 0.3 is 0 Å². The fraction of sp³-hybridized carbons (Fsp3) is 0.455. The number of methoxy groups -OCH3 is 3. The summed E-state index contributed by atoms with van der Waals surface area (Å²) in [7, 11) is 4.82. The third-order valence-electron chi connectivity index (χ3n) is 5.32. The van der Waals surface area contributed by atoms with E-state index in [1.165, 1.54) is 0 Å². The molecule has 4 rings (SSSR count). The van der Waals surface area contributed by atoms with Gasteiger partial charge in [0.15, 0.2) is 23.0 Å². The summed E-state index contributed by atoms with van der Waals surface area (Å²) in [5.41, 5.74) is 2.01. The van der Waals surface area contributed by atoms with Crippen LogP contribution in [-0.4, -0.2) is 40.5 Å². The van der Waals surface area contributed by atoms with Crippen molar-refractivity contribution in [2.24, 2.45) is 0 Å². The molecule has 2 aliphatic rings. The first-order valence-corrected chi connectivity index (χ1v) is 9.58. The highest BCUT2D eigenvalue weighted by molar-refractivity contribution is 5.59. The van der Waals surface area contributed by atoms with Gasteiger partial charge in [0.2, 0.25) is 18.3 Å². The Morgan fingerprint density at radius 1 is 0.931 bits per heavy atom. The second kappa shape index (κ2) is 7.55. The van der Waals surface area contributed by atoms with Crippen molar-refractivity contribution >= 4 is 0 Å². The Morgan fingerprint density at radius 3 is 2.17 bits per heavy atom. The largest absolute Gasteiger partial charge is 0.493 e. The average molecular weight is 402 g/mol. The molecule has 0 aliphatic carbocycles. The lowest BCUT2D eigenvalue weighted by Crippen LogP contribution is -2.41. The highest BCUT2D eigenvalue weighted by Gasteiger charge is 2.40. The molecule has 2 atom stereocenters. The Morgan fingerprint density at radius 2 is 1.59 bits per heavy atom. The van der Waals surface area contributed by atoms with E-state index in [0.717, 1.165) is 16.9 Å². The van der Waals surface area contributed by atoms with Crippen LogP contribution in [0.5, 0.6) is 34.5 Å². The smallest absolute Gasteiger partial charge is 0.231 e. The van der Waals surface area contributed by atoms with Gasteiger partial charge in [-0.3, -0.25) is 0 Å². The van der Waals surface area contributed by atoms with Crippen LogP contribution < -0.4 is 28.4 Å². The molecule has 0 radical (unpaired) electrons. The van der Waals surface area contributed by atoms with Gasteiger partial charge < -0.3 is 33.2 Å². The van der Waals surface area contributed by atoms with E-state index < -0.39 is 5.79 Å². The lowest BCUT2D eigenvalue weighted by molar-refractivity contribution is -0.179. The maximum atomic E-state index is 6.25. The Labute approximate surface area is 170 Å². The maximum absolute atomic E-state index is 6.25. The molecule has 2 heterocycles. The van der Waals surface area contributed by atoms with Crippen LogP contribution >= 0.6 is 0 Å². The summed E-state index contributed by atoms with van der Waals surface area (Å²) in [6.45, 7) is 4.65. The summed E-state index contributed by atoms with van der Waals surface area (Å²) in [6, 6.07) is 7.80. The lowest BCUT2D eigenvalue weighted by atomic mass is 9.82. The molecule has 29 heavy (non-hydrogen) atoms. The third kappa shape index (κ3) is 3.40. The summed E-state index contributed by atoms with van der Waals surface area (Å²) in [4.78, 5) is 0. The number of hydrogen-bond donors (Lipinski definition) is 0. The minimum atomic E-state index is -0.777. The lowest BCUT2D eigenvalue weighted by Gasteiger charge is -2.39. The van der Waals surface area contributed by atoms with Crippen molar-refractivity contribution in [1.82, 2.24) is 0 Å². The van der Waals surface area contributed by atoms with Gasteiger partial charge in [-0.05, 0) is 30.7 Å². The van der Waals surface area contributed by atoms with Crippen molar-refractivity contribution in [3.8, 4) is 34.5 Å². The highest BCUT2D eigenvalue weighted by Crippen LogP contribution is 2.51. The molecule has 0 saturated carbocycles. The van der Waals surface area contributed by atoms with Crippen LogP contribution in [0.25, 0.3) is 0 Å². The van der Waals surface area contributed by atoms with Gasteiger partial charge in [-0.1, -0.05) is 0 Å². The van der Waals surface area contributed by atoms with Crippen molar-refractivity contribution in [3.63, 3.8) is 0 Å². The first-order chi connectivity index (χ1) is 14.0. The number of rotatable bonds is 6. The van der Waals surface area contributed by atoms with E-state index in [0.29, 0.717) is 41.8 Å². The van der Waals surface area contributed by atoms with Gasteiger partial charge in [-0.25, -0.2) is 0 Å². The molecule has 0 N–H and O–H groups in total. The molecule has 0 aromatic heterocycles. The number of hydrogen-bond acceptors (Lipinski definition) is 7. The quantitative estimate of drug-likeness (QED) is 0.720. The standard InChI is InChI=1S/C22H26O7/c1-6-28-22(2)11-15(13-7-19(23-3)21(25-5)20(8-13)24-4)14-9-17-18(27-12-26-17)10-16(14)29-22/h7-10,15H,6,11-12H2,1-5H3. The molecule has 7 nitrogen and oxygen atoms in total. The maximum Gasteiger partial charge on any atom is 0.231 e. The van der Waals surface area contributed by atoms with Crippen LogP contribution in [0, 0.1) is 0 Å². The minimum Gasteiger partial charge on any atom is -0.493 e. The monoisotopic (exact) mass is 402 g/mol. The van der Waals surface area contributed by atoms with E-state index in [9.17, 15) is 0 Å². The second-order valence-electron chi connectivity index (χ2n) is 7.13. The molecule has 2 aromatic rings. The minimum absolute atomic E-state index is 0.0292. The number of fused-ring (bicyclic) bond motifs is 2. The number of ether oxygens (including phenoxy) is 7. The Bertz CT molecular complexity index is 885. The van der Waals surface area contributed by atoms with Crippen LogP contribution in [0.3, 0.4) is 0 Å². The van der Waals surface area contributed by atoms with Crippen LogP contribution in [0.2, 0.25) is 0 Å². The molecule has 2 unspecified atom stereocenters. The summed E-state index contributed by atoms with van der Waals surface area (Å²) < 4.78 is 40.0. The van der Waals surface area contributed by atoms with Crippen molar-refractivity contribution in [3.05, 3.63) is 35.4 Å². The molecule has 0 amide bonds. The SMILES string of the molecule is CCOC1(C)CC(c2cc(OC)c(OC)c(OC)c2)c2cc3c(cc2O1)OCO3. The van der Waals surface area contributed by atoms with Crippen LogP contribution in [0.1, 0.15) is 37.3 Å². The molecule has 156 valence electrons. The fourth-order valence-corrected chi connectivity index (χ4v) is 4.05. The zero-order valence-corrected chi connectivity index (χ0v) is 17.4. The molecule has 0 saturated heterocycles. The van der Waals surface area contributed by atoms with E-state index in [1.54, 1.807) is 21.3 Å². The normalized spacial score (nSPS) is 21.9.